The summed E-state index contributed by atoms with van der Waals surface area (Å²) in [6.45, 7) is 4.25. The van der Waals surface area contributed by atoms with Crippen molar-refractivity contribution >= 4 is 19.8 Å². The number of esters is 2. The normalized spacial score (nSPS) is 14.0. The Bertz CT molecular complexity index is 1880. The Morgan fingerprint density at radius 1 is 0.381 bits per heavy atom. The molecule has 0 radical (unpaired) electrons. The minimum atomic E-state index is -4.42. The van der Waals surface area contributed by atoms with E-state index in [1.807, 2.05) is 21.1 Å². The van der Waals surface area contributed by atoms with Crippen LogP contribution >= 0.6 is 7.82 Å². The molecule has 0 heterocycles. The van der Waals surface area contributed by atoms with Crippen LogP contribution in [0.1, 0.15) is 271 Å². The van der Waals surface area contributed by atoms with Crippen LogP contribution in [0.4, 0.5) is 0 Å². The maximum atomic E-state index is 12.8. The second kappa shape index (κ2) is 63.6. The largest absolute Gasteiger partial charge is 0.472 e. The topological polar surface area (TPSA) is 108 Å². The lowest BCUT2D eigenvalue weighted by Crippen LogP contribution is -2.37. The number of nitrogens with zero attached hydrogens (tertiary/aromatic N) is 1. The SMILES string of the molecule is CC/C=C\C/C=C\C/C=C\C/C=C\C/C=C\C/C=C\C/C=C\C/C=C\C/C=C\CCCC(=O)OC(COC(=O)CCCCCCCCCCCCCCCCCCCCC/C=C\C/C=C\CCCCCCC)COP(=O)(O)OCC[N+](C)(C)C. The Balaban J connectivity index is 4.18. The molecule has 480 valence electrons. The molecule has 0 spiro atoms. The number of allylic oxidation sites excluding steroid dienone is 22. The van der Waals surface area contributed by atoms with Gasteiger partial charge in [0.15, 0.2) is 6.10 Å². The standard InChI is InChI=1S/C74H126NO8P/c1-6-8-10-12-14-16-18-20-22-24-26-28-30-32-34-36-37-39-40-42-44-46-48-50-52-54-56-58-60-62-64-66-73(76)80-70-72(71-82-84(78,79)81-69-68-75(3,4)5)83-74(77)67-65-63-61-59-57-55-53-51-49-47-45-43-41-38-35-33-31-29-27-25-23-21-19-17-15-13-11-9-7-2/h9,11,15,17-18,20-21,23-24,26-27,29,33,35,41,43,47,49,53,55,59,61,72H,6-8,10,12-14,16,19,22,25,28,30-32,34,36-40,42,44-46,48,50-52,54,56-58,60,62-71H2,1-5H3/p+1/b11-9-,17-15-,20-18-,23-21-,26-24-,29-27-,35-33-,43-41-,49-47-,55-53-,61-59-. The van der Waals surface area contributed by atoms with E-state index >= 15 is 0 Å². The zero-order chi connectivity index (χ0) is 61.2. The molecule has 0 saturated heterocycles. The number of hydrogen-bond donors (Lipinski definition) is 1. The van der Waals surface area contributed by atoms with Crippen molar-refractivity contribution in [3.63, 3.8) is 0 Å². The van der Waals surface area contributed by atoms with E-state index in [1.165, 1.54) is 148 Å². The first-order valence-corrected chi connectivity index (χ1v) is 35.4. The second-order valence-electron chi connectivity index (χ2n) is 23.5. The number of unbranched alkanes of at least 4 members (excludes halogenated alkanes) is 25. The predicted octanol–water partition coefficient (Wildman–Crippen LogP) is 22.0. The number of rotatable bonds is 61. The van der Waals surface area contributed by atoms with Gasteiger partial charge in [-0.05, 0) is 109 Å². The van der Waals surface area contributed by atoms with Gasteiger partial charge in [-0.25, -0.2) is 4.57 Å². The summed E-state index contributed by atoms with van der Waals surface area (Å²) >= 11 is 0. The van der Waals surface area contributed by atoms with Crippen molar-refractivity contribution in [1.82, 2.24) is 0 Å². The van der Waals surface area contributed by atoms with Crippen LogP contribution < -0.4 is 0 Å². The molecule has 0 amide bonds. The molecule has 0 bridgehead atoms. The van der Waals surface area contributed by atoms with E-state index < -0.39 is 26.5 Å². The average molecular weight is 1190 g/mol. The molecule has 0 aliphatic heterocycles. The van der Waals surface area contributed by atoms with Gasteiger partial charge in [-0.15, -0.1) is 0 Å². The van der Waals surface area contributed by atoms with Crippen molar-refractivity contribution < 1.29 is 42.1 Å². The van der Waals surface area contributed by atoms with Gasteiger partial charge in [0.1, 0.15) is 19.8 Å². The van der Waals surface area contributed by atoms with Crippen molar-refractivity contribution in [3.05, 3.63) is 134 Å². The van der Waals surface area contributed by atoms with Crippen molar-refractivity contribution in [3.8, 4) is 0 Å². The summed E-state index contributed by atoms with van der Waals surface area (Å²) in [5.74, 6) is -0.869. The van der Waals surface area contributed by atoms with Crippen molar-refractivity contribution in [1.29, 1.82) is 0 Å². The smallest absolute Gasteiger partial charge is 0.462 e. The molecule has 0 aromatic carbocycles. The molecular formula is C74H127NO8P+. The van der Waals surface area contributed by atoms with Crippen LogP contribution in [0.25, 0.3) is 0 Å². The van der Waals surface area contributed by atoms with Gasteiger partial charge in [0.2, 0.25) is 0 Å². The summed E-state index contributed by atoms with van der Waals surface area (Å²) in [6.07, 6.45) is 92.8. The highest BCUT2D eigenvalue weighted by atomic mass is 31.2. The Hall–Kier alpha value is -3.85. The third-order valence-electron chi connectivity index (χ3n) is 14.2. The first kappa shape index (κ1) is 80.2. The summed E-state index contributed by atoms with van der Waals surface area (Å²) < 4.78 is 34.6. The fourth-order valence-corrected chi connectivity index (χ4v) is 9.73. The number of carbonyl (C=O) groups excluding carboxylic acids is 2. The van der Waals surface area contributed by atoms with Crippen molar-refractivity contribution in [2.24, 2.45) is 0 Å². The lowest BCUT2D eigenvalue weighted by molar-refractivity contribution is -0.870. The van der Waals surface area contributed by atoms with E-state index in [1.54, 1.807) is 0 Å². The van der Waals surface area contributed by atoms with E-state index in [2.05, 4.69) is 148 Å². The van der Waals surface area contributed by atoms with Crippen LogP contribution in [0.2, 0.25) is 0 Å². The molecule has 2 atom stereocenters. The Morgan fingerprint density at radius 3 is 1.05 bits per heavy atom. The zero-order valence-corrected chi connectivity index (χ0v) is 55.5. The fraction of sp³-hybridized carbons (Fsp3) is 0.676. The molecule has 9 nitrogen and oxygen atoms in total. The lowest BCUT2D eigenvalue weighted by Gasteiger charge is -2.24. The van der Waals surface area contributed by atoms with E-state index in [0.29, 0.717) is 23.9 Å². The minimum absolute atomic E-state index is 0.0145. The van der Waals surface area contributed by atoms with Gasteiger partial charge < -0.3 is 18.9 Å². The molecule has 1 N–H and O–H groups in total. The predicted molar refractivity (Wildman–Crippen MR) is 362 cm³/mol. The number of phosphoric ester groups is 1. The quantitative estimate of drug-likeness (QED) is 0.0211. The van der Waals surface area contributed by atoms with Gasteiger partial charge in [0.05, 0.1) is 27.7 Å². The van der Waals surface area contributed by atoms with Crippen LogP contribution in [0.3, 0.4) is 0 Å². The highest BCUT2D eigenvalue weighted by Crippen LogP contribution is 2.43. The molecule has 0 rings (SSSR count). The van der Waals surface area contributed by atoms with E-state index in [-0.39, 0.29) is 32.0 Å². The van der Waals surface area contributed by atoms with Gasteiger partial charge >= 0.3 is 19.8 Å². The molecule has 0 fully saturated rings. The number of phosphoric acid groups is 1. The summed E-state index contributed by atoms with van der Waals surface area (Å²) in [5.41, 5.74) is 0. The summed E-state index contributed by atoms with van der Waals surface area (Å²) in [6, 6.07) is 0. The van der Waals surface area contributed by atoms with Gasteiger partial charge in [0, 0.05) is 12.8 Å². The van der Waals surface area contributed by atoms with Gasteiger partial charge in [-0.3, -0.25) is 18.6 Å². The Kier molecular flexibility index (Phi) is 60.7. The third kappa shape index (κ3) is 67.3. The maximum absolute atomic E-state index is 12.8. The van der Waals surface area contributed by atoms with Gasteiger partial charge in [-0.2, -0.15) is 0 Å². The maximum Gasteiger partial charge on any atom is 0.472 e. The van der Waals surface area contributed by atoms with E-state index in [4.69, 9.17) is 18.5 Å². The zero-order valence-electron chi connectivity index (χ0n) is 54.6. The van der Waals surface area contributed by atoms with Crippen LogP contribution in [0.15, 0.2) is 134 Å². The molecule has 0 aliphatic rings. The van der Waals surface area contributed by atoms with Crippen LogP contribution in [0, 0.1) is 0 Å². The fourth-order valence-electron chi connectivity index (χ4n) is 8.99. The summed E-state index contributed by atoms with van der Waals surface area (Å²) in [5, 5.41) is 0. The van der Waals surface area contributed by atoms with E-state index in [0.717, 1.165) is 83.5 Å². The number of likely N-dealkylation sites (N-methyl/N-ethyl adjacent to an activating group) is 1. The number of carbonyl (C=O) groups is 2. The summed E-state index contributed by atoms with van der Waals surface area (Å²) in [7, 11) is 1.43. The lowest BCUT2D eigenvalue weighted by atomic mass is 10.0. The van der Waals surface area contributed by atoms with E-state index in [9.17, 15) is 19.0 Å². The number of hydrogen-bond acceptors (Lipinski definition) is 7. The second-order valence-corrected chi connectivity index (χ2v) is 24.9. The average Bonchev–Trinajstić information content (AvgIpc) is 3.61. The monoisotopic (exact) mass is 1190 g/mol. The Morgan fingerprint density at radius 2 is 0.690 bits per heavy atom. The van der Waals surface area contributed by atoms with Crippen LogP contribution in [-0.4, -0.2) is 74.9 Å². The first-order chi connectivity index (χ1) is 41.0. The van der Waals surface area contributed by atoms with Gasteiger partial charge in [0.25, 0.3) is 0 Å². The molecule has 84 heavy (non-hydrogen) atoms. The van der Waals surface area contributed by atoms with Crippen LogP contribution in [0.5, 0.6) is 0 Å². The molecule has 0 aromatic heterocycles. The molecule has 10 heteroatoms. The number of quaternary nitrogens is 1. The first-order valence-electron chi connectivity index (χ1n) is 33.9. The van der Waals surface area contributed by atoms with Gasteiger partial charge in [-0.1, -0.05) is 282 Å². The summed E-state index contributed by atoms with van der Waals surface area (Å²) in [4.78, 5) is 35.8. The highest BCUT2D eigenvalue weighted by molar-refractivity contribution is 7.47. The number of ether oxygens (including phenoxy) is 2. The van der Waals surface area contributed by atoms with Crippen molar-refractivity contribution in [2.75, 3.05) is 47.5 Å². The van der Waals surface area contributed by atoms with Crippen molar-refractivity contribution in [2.45, 2.75) is 277 Å². The molecule has 0 aromatic rings. The van der Waals surface area contributed by atoms with Crippen LogP contribution in [-0.2, 0) is 32.7 Å². The molecule has 2 unspecified atom stereocenters. The minimum Gasteiger partial charge on any atom is -0.462 e. The Labute approximate surface area is 517 Å². The third-order valence-corrected chi connectivity index (χ3v) is 15.1. The molecular weight excluding hydrogens is 1060 g/mol. The highest BCUT2D eigenvalue weighted by Gasteiger charge is 2.27. The molecule has 0 aliphatic carbocycles. The molecule has 0 saturated carbocycles.